The highest BCUT2D eigenvalue weighted by atomic mass is 19.4. The first-order valence-electron chi connectivity index (χ1n) is 8.03. The van der Waals surface area contributed by atoms with Gasteiger partial charge >= 0.3 is 12.3 Å². The predicted molar refractivity (Wildman–Crippen MR) is 94.0 cm³/mol. The zero-order chi connectivity index (χ0) is 21.3. The summed E-state index contributed by atoms with van der Waals surface area (Å²) in [5.41, 5.74) is -1.99. The first kappa shape index (κ1) is 20.1. The van der Waals surface area contributed by atoms with E-state index in [9.17, 15) is 27.2 Å². The summed E-state index contributed by atoms with van der Waals surface area (Å²) < 4.78 is 57.4. The maximum atomic E-state index is 14.4. The van der Waals surface area contributed by atoms with Crippen molar-refractivity contribution in [2.75, 3.05) is 0 Å². The van der Waals surface area contributed by atoms with Crippen molar-refractivity contribution in [2.45, 2.75) is 6.36 Å². The summed E-state index contributed by atoms with van der Waals surface area (Å²) in [5, 5.41) is 9.12. The molecule has 0 spiro atoms. The van der Waals surface area contributed by atoms with Crippen molar-refractivity contribution in [2.24, 2.45) is 7.05 Å². The fourth-order valence-electron chi connectivity index (χ4n) is 2.68. The van der Waals surface area contributed by atoms with Crippen LogP contribution in [0.1, 0.15) is 10.5 Å². The summed E-state index contributed by atoms with van der Waals surface area (Å²) in [6.07, 6.45) is -3.96. The number of rotatable bonds is 4. The van der Waals surface area contributed by atoms with Crippen LogP contribution in [0.15, 0.2) is 53.5 Å². The predicted octanol–water partition coefficient (Wildman–Crippen LogP) is 3.85. The van der Waals surface area contributed by atoms with Gasteiger partial charge in [-0.15, -0.1) is 13.2 Å². The van der Waals surface area contributed by atoms with Gasteiger partial charge in [0, 0.05) is 24.4 Å². The Morgan fingerprint density at radius 3 is 2.48 bits per heavy atom. The van der Waals surface area contributed by atoms with E-state index in [1.807, 2.05) is 0 Å². The van der Waals surface area contributed by atoms with E-state index in [1.54, 1.807) is 0 Å². The number of carboxylic acids is 1. The number of benzene rings is 2. The highest BCUT2D eigenvalue weighted by molar-refractivity contribution is 5.86. The number of aromatic carboxylic acids is 1. The Balaban J connectivity index is 2.20. The second kappa shape index (κ2) is 7.38. The lowest BCUT2D eigenvalue weighted by molar-refractivity contribution is -0.274. The third kappa shape index (κ3) is 4.26. The van der Waals surface area contributed by atoms with Crippen LogP contribution < -0.4 is 10.3 Å². The molecule has 0 fully saturated rings. The molecule has 0 unspecified atom stereocenters. The molecule has 2 aromatic carbocycles. The van der Waals surface area contributed by atoms with Gasteiger partial charge in [0.2, 0.25) is 0 Å². The van der Waals surface area contributed by atoms with E-state index in [1.165, 1.54) is 31.3 Å². The topological polar surface area (TPSA) is 81.4 Å². The summed E-state index contributed by atoms with van der Waals surface area (Å²) in [4.78, 5) is 27.3. The molecule has 0 aliphatic carbocycles. The molecule has 1 N–H and O–H groups in total. The fraction of sp³-hybridized carbons (Fsp3) is 0.105. The maximum absolute atomic E-state index is 14.4. The monoisotopic (exact) mass is 408 g/mol. The number of alkyl halides is 3. The van der Waals surface area contributed by atoms with Gasteiger partial charge in [0.05, 0.1) is 0 Å². The van der Waals surface area contributed by atoms with Gasteiger partial charge in [-0.2, -0.15) is 0 Å². The molecule has 0 radical (unpaired) electrons. The molecule has 0 atom stereocenters. The third-order valence-electron chi connectivity index (χ3n) is 3.94. The van der Waals surface area contributed by atoms with Gasteiger partial charge in [-0.05, 0) is 23.8 Å². The van der Waals surface area contributed by atoms with Crippen molar-refractivity contribution < 1.29 is 32.2 Å². The number of carbonyl (C=O) groups is 1. The molecule has 0 saturated carbocycles. The van der Waals surface area contributed by atoms with E-state index in [2.05, 4.69) is 9.72 Å². The smallest absolute Gasteiger partial charge is 0.476 e. The van der Waals surface area contributed by atoms with Crippen LogP contribution in [-0.4, -0.2) is 27.0 Å². The lowest BCUT2D eigenvalue weighted by Gasteiger charge is -2.14. The Morgan fingerprint density at radius 1 is 1.14 bits per heavy atom. The number of hydrogen-bond acceptors (Lipinski definition) is 4. The Bertz CT molecular complexity index is 1160. The van der Waals surface area contributed by atoms with Gasteiger partial charge < -0.3 is 14.4 Å². The molecule has 29 heavy (non-hydrogen) atoms. The molecule has 6 nitrogen and oxygen atoms in total. The summed E-state index contributed by atoms with van der Waals surface area (Å²) in [5.74, 6) is -2.84. The van der Waals surface area contributed by atoms with Gasteiger partial charge in [-0.3, -0.25) is 4.79 Å². The standard InChI is InChI=1S/C19H12F4N2O4/c1-25-9-14(18(27)28)24-16(17(25)26)12-8-10(6-7-13(12)20)11-4-2-3-5-15(11)29-19(21,22)23/h2-9H,1H3,(H,27,28). The largest absolute Gasteiger partial charge is 0.573 e. The number of ether oxygens (including phenoxy) is 1. The van der Waals surface area contributed by atoms with Gasteiger partial charge in [-0.1, -0.05) is 24.3 Å². The lowest BCUT2D eigenvalue weighted by Crippen LogP contribution is -2.23. The summed E-state index contributed by atoms with van der Waals surface area (Å²) in [7, 11) is 1.27. The van der Waals surface area contributed by atoms with Gasteiger partial charge in [0.15, 0.2) is 5.69 Å². The number of aryl methyl sites for hydroxylation is 1. The second-order valence-electron chi connectivity index (χ2n) is 5.93. The van der Waals surface area contributed by atoms with E-state index in [4.69, 9.17) is 5.11 Å². The van der Waals surface area contributed by atoms with Crippen molar-refractivity contribution in [3.05, 3.63) is 70.5 Å². The minimum atomic E-state index is -4.94. The number of para-hydroxylation sites is 1. The highest BCUT2D eigenvalue weighted by Crippen LogP contribution is 2.35. The van der Waals surface area contributed by atoms with Crippen LogP contribution >= 0.6 is 0 Å². The average Bonchev–Trinajstić information content (AvgIpc) is 2.63. The SMILES string of the molecule is Cn1cc(C(=O)O)nc(-c2cc(-c3ccccc3OC(F)(F)F)ccc2F)c1=O. The van der Waals surface area contributed by atoms with Crippen LogP contribution in [0.2, 0.25) is 0 Å². The van der Waals surface area contributed by atoms with Crippen LogP contribution in [0, 0.1) is 5.82 Å². The third-order valence-corrected chi connectivity index (χ3v) is 3.94. The Labute approximate surface area is 160 Å². The maximum Gasteiger partial charge on any atom is 0.573 e. The normalized spacial score (nSPS) is 11.3. The van der Waals surface area contributed by atoms with Crippen molar-refractivity contribution in [3.63, 3.8) is 0 Å². The van der Waals surface area contributed by atoms with E-state index < -0.39 is 40.8 Å². The van der Waals surface area contributed by atoms with Gasteiger partial charge in [0.1, 0.15) is 17.3 Å². The molecule has 0 amide bonds. The number of halogens is 4. The Morgan fingerprint density at radius 2 is 1.83 bits per heavy atom. The second-order valence-corrected chi connectivity index (χ2v) is 5.93. The number of aromatic nitrogens is 2. The molecule has 0 saturated heterocycles. The Hall–Kier alpha value is -3.69. The summed E-state index contributed by atoms with van der Waals surface area (Å²) >= 11 is 0. The van der Waals surface area contributed by atoms with E-state index in [0.29, 0.717) is 0 Å². The number of carboxylic acid groups (broad SMARTS) is 1. The molecule has 3 aromatic rings. The fourth-order valence-corrected chi connectivity index (χ4v) is 2.68. The first-order valence-corrected chi connectivity index (χ1v) is 8.03. The molecule has 10 heteroatoms. The van der Waals surface area contributed by atoms with Crippen molar-refractivity contribution in [3.8, 4) is 28.1 Å². The van der Waals surface area contributed by atoms with Crippen LogP contribution in [0.4, 0.5) is 17.6 Å². The Kier molecular flexibility index (Phi) is 5.10. The molecular weight excluding hydrogens is 396 g/mol. The zero-order valence-electron chi connectivity index (χ0n) is 14.7. The minimum absolute atomic E-state index is 0.00251. The molecule has 0 bridgehead atoms. The van der Waals surface area contributed by atoms with E-state index >= 15 is 0 Å². The number of nitrogens with zero attached hydrogens (tertiary/aromatic N) is 2. The van der Waals surface area contributed by atoms with Crippen LogP contribution in [-0.2, 0) is 7.05 Å². The van der Waals surface area contributed by atoms with Crippen LogP contribution in [0.5, 0.6) is 5.75 Å². The summed E-state index contributed by atoms with van der Waals surface area (Å²) in [6, 6.07) is 8.49. The number of hydrogen-bond donors (Lipinski definition) is 1. The van der Waals surface area contributed by atoms with E-state index in [-0.39, 0.29) is 16.7 Å². The van der Waals surface area contributed by atoms with Crippen molar-refractivity contribution in [1.82, 2.24) is 9.55 Å². The van der Waals surface area contributed by atoms with E-state index in [0.717, 1.165) is 29.0 Å². The minimum Gasteiger partial charge on any atom is -0.476 e. The summed E-state index contributed by atoms with van der Waals surface area (Å²) in [6.45, 7) is 0. The molecule has 1 heterocycles. The molecule has 0 aliphatic rings. The molecule has 3 rings (SSSR count). The van der Waals surface area contributed by atoms with Gasteiger partial charge in [-0.25, -0.2) is 14.2 Å². The zero-order valence-corrected chi connectivity index (χ0v) is 14.7. The molecule has 1 aromatic heterocycles. The average molecular weight is 408 g/mol. The lowest BCUT2D eigenvalue weighted by atomic mass is 10.0. The van der Waals surface area contributed by atoms with Crippen LogP contribution in [0.3, 0.4) is 0 Å². The molecule has 150 valence electrons. The highest BCUT2D eigenvalue weighted by Gasteiger charge is 2.32. The van der Waals surface area contributed by atoms with Crippen molar-refractivity contribution in [1.29, 1.82) is 0 Å². The van der Waals surface area contributed by atoms with Gasteiger partial charge in [0.25, 0.3) is 5.56 Å². The first-order chi connectivity index (χ1) is 13.6. The quantitative estimate of drug-likeness (QED) is 0.664. The molecule has 0 aliphatic heterocycles. The van der Waals surface area contributed by atoms with Crippen LogP contribution in [0.25, 0.3) is 22.4 Å². The van der Waals surface area contributed by atoms with Crippen molar-refractivity contribution >= 4 is 5.97 Å². The molecular formula is C19H12F4N2O4.